The highest BCUT2D eigenvalue weighted by Gasteiger charge is 2.22. The summed E-state index contributed by atoms with van der Waals surface area (Å²) in [4.78, 5) is 40.7. The minimum Gasteiger partial charge on any atom is -0.495 e. The lowest BCUT2D eigenvalue weighted by atomic mass is 10.0. The zero-order valence-electron chi connectivity index (χ0n) is 21.6. The van der Waals surface area contributed by atoms with Crippen LogP contribution in [0.4, 0.5) is 0 Å². The van der Waals surface area contributed by atoms with E-state index in [2.05, 4.69) is 15.6 Å². The van der Waals surface area contributed by atoms with Gasteiger partial charge in [-0.2, -0.15) is 0 Å². The number of hydrogen-bond donors (Lipinski definition) is 4. The Morgan fingerprint density at radius 3 is 2.58 bits per heavy atom. The van der Waals surface area contributed by atoms with Crippen molar-refractivity contribution in [3.05, 3.63) is 77.1 Å². The number of nitrogens with zero attached hydrogens (tertiary/aromatic N) is 1. The van der Waals surface area contributed by atoms with Gasteiger partial charge in [0.1, 0.15) is 11.8 Å². The van der Waals surface area contributed by atoms with Gasteiger partial charge in [0.15, 0.2) is 0 Å². The van der Waals surface area contributed by atoms with Gasteiger partial charge in [-0.1, -0.05) is 49.7 Å². The Morgan fingerprint density at radius 2 is 1.95 bits per heavy atom. The van der Waals surface area contributed by atoms with Crippen LogP contribution < -0.4 is 15.4 Å². The number of pyridine rings is 1. The van der Waals surface area contributed by atoms with Gasteiger partial charge >= 0.3 is 5.97 Å². The fraction of sp³-hybridized carbons (Fsp3) is 0.357. The van der Waals surface area contributed by atoms with Gasteiger partial charge in [-0.05, 0) is 48.4 Å². The van der Waals surface area contributed by atoms with E-state index in [-0.39, 0.29) is 25.3 Å². The van der Waals surface area contributed by atoms with Crippen LogP contribution in [0, 0.1) is 11.8 Å². The van der Waals surface area contributed by atoms with E-state index in [0.29, 0.717) is 16.3 Å². The van der Waals surface area contributed by atoms with Crippen LogP contribution in [0.1, 0.15) is 31.5 Å². The molecule has 0 radical (unpaired) electrons. The number of carbonyl (C=O) groups is 3. The molecule has 0 aliphatic heterocycles. The first-order chi connectivity index (χ1) is 18.1. The van der Waals surface area contributed by atoms with E-state index >= 15 is 0 Å². The maximum Gasteiger partial charge on any atom is 0.308 e. The predicted octanol–water partition coefficient (Wildman–Crippen LogP) is 3.26. The molecule has 0 spiro atoms. The number of aliphatic hydroxyl groups excluding tert-OH is 1. The second-order valence-electron chi connectivity index (χ2n) is 8.90. The van der Waals surface area contributed by atoms with Crippen LogP contribution >= 0.6 is 11.6 Å². The van der Waals surface area contributed by atoms with Crippen LogP contribution in [-0.2, 0) is 20.8 Å². The lowest BCUT2D eigenvalue weighted by Gasteiger charge is -2.19. The zero-order chi connectivity index (χ0) is 28.1. The van der Waals surface area contributed by atoms with Crippen LogP contribution in [0.5, 0.6) is 5.75 Å². The second-order valence-corrected chi connectivity index (χ2v) is 9.30. The van der Waals surface area contributed by atoms with Crippen molar-refractivity contribution in [2.24, 2.45) is 11.8 Å². The van der Waals surface area contributed by atoms with Crippen LogP contribution in [0.2, 0.25) is 5.02 Å². The van der Waals surface area contributed by atoms with Crippen LogP contribution in [-0.4, -0.2) is 58.8 Å². The van der Waals surface area contributed by atoms with Gasteiger partial charge in [0.05, 0.1) is 29.8 Å². The Morgan fingerprint density at radius 1 is 1.18 bits per heavy atom. The average Bonchev–Trinajstić information content (AvgIpc) is 2.90. The third-order valence-corrected chi connectivity index (χ3v) is 6.10. The molecular formula is C28H34ClN3O6. The molecule has 4 atom stereocenters. The van der Waals surface area contributed by atoms with Gasteiger partial charge in [0.25, 0.3) is 0 Å². The zero-order valence-corrected chi connectivity index (χ0v) is 22.4. The fourth-order valence-corrected chi connectivity index (χ4v) is 3.63. The standard InChI is InChI=1S/C28H34ClN3O6/c1-18(10-12-21-7-4-5-14-30-21)24(33)8-6-9-26(34)32-23(27(35)31-17-19(2)28(36)37)16-20-11-13-25(38-3)22(29)15-20/h4-7,9-15,18-19,23-24,33H,8,16-17H2,1-3H3,(H,31,35)(H,32,34)(H,36,37)/b9-6+,12-10+/t18-,19-,23-,24+/m1/s1. The number of carboxylic acids is 1. The average molecular weight is 544 g/mol. The molecule has 0 bridgehead atoms. The summed E-state index contributed by atoms with van der Waals surface area (Å²) in [5, 5.41) is 25.1. The first-order valence-corrected chi connectivity index (χ1v) is 12.6. The first-order valence-electron chi connectivity index (χ1n) is 12.2. The summed E-state index contributed by atoms with van der Waals surface area (Å²) < 4.78 is 5.15. The highest BCUT2D eigenvalue weighted by Crippen LogP contribution is 2.25. The number of methoxy groups -OCH3 is 1. The quantitative estimate of drug-likeness (QED) is 0.268. The molecule has 1 aromatic heterocycles. The molecule has 0 unspecified atom stereocenters. The summed E-state index contributed by atoms with van der Waals surface area (Å²) >= 11 is 6.20. The van der Waals surface area contributed by atoms with E-state index in [4.69, 9.17) is 21.4 Å². The topological polar surface area (TPSA) is 138 Å². The number of benzene rings is 1. The number of carbonyl (C=O) groups excluding carboxylic acids is 2. The van der Waals surface area contributed by atoms with E-state index in [0.717, 1.165) is 5.69 Å². The molecule has 1 heterocycles. The van der Waals surface area contributed by atoms with Gasteiger partial charge in [0.2, 0.25) is 11.8 Å². The van der Waals surface area contributed by atoms with E-state index < -0.39 is 35.8 Å². The summed E-state index contributed by atoms with van der Waals surface area (Å²) in [6.45, 7) is 3.24. The molecule has 0 aliphatic rings. The molecule has 1 aromatic carbocycles. The van der Waals surface area contributed by atoms with Crippen molar-refractivity contribution in [1.82, 2.24) is 15.6 Å². The van der Waals surface area contributed by atoms with Crippen molar-refractivity contribution in [1.29, 1.82) is 0 Å². The second kappa shape index (κ2) is 15.5. The first kappa shape index (κ1) is 30.5. The van der Waals surface area contributed by atoms with Gasteiger partial charge in [-0.25, -0.2) is 0 Å². The molecule has 0 aliphatic carbocycles. The number of aromatic nitrogens is 1. The van der Waals surface area contributed by atoms with Crippen LogP contribution in [0.25, 0.3) is 6.08 Å². The van der Waals surface area contributed by atoms with Crippen molar-refractivity contribution < 1.29 is 29.3 Å². The third-order valence-electron chi connectivity index (χ3n) is 5.81. The summed E-state index contributed by atoms with van der Waals surface area (Å²) in [5.74, 6) is -2.60. The smallest absolute Gasteiger partial charge is 0.308 e. The van der Waals surface area contributed by atoms with Gasteiger partial charge in [0, 0.05) is 25.1 Å². The number of rotatable bonds is 14. The molecular weight excluding hydrogens is 510 g/mol. The van der Waals surface area contributed by atoms with E-state index in [9.17, 15) is 19.5 Å². The molecule has 38 heavy (non-hydrogen) atoms. The molecule has 9 nitrogen and oxygen atoms in total. The van der Waals surface area contributed by atoms with Gasteiger partial charge in [-0.15, -0.1) is 0 Å². The number of aliphatic carboxylic acids is 1. The minimum absolute atomic E-state index is 0.0875. The molecule has 0 saturated heterocycles. The molecule has 10 heteroatoms. The SMILES string of the molecule is COc1ccc(C[C@@H](NC(=O)/C=C/C[C@H](O)[C@H](C)/C=C/c2ccccn2)C(=O)NC[C@@H](C)C(=O)O)cc1Cl. The summed E-state index contributed by atoms with van der Waals surface area (Å²) in [6.07, 6.45) is 7.78. The Kier molecular flexibility index (Phi) is 12.5. The minimum atomic E-state index is -1.04. The summed E-state index contributed by atoms with van der Waals surface area (Å²) in [5.41, 5.74) is 1.46. The lowest BCUT2D eigenvalue weighted by molar-refractivity contribution is -0.141. The Hall–Kier alpha value is -3.69. The van der Waals surface area contributed by atoms with Crippen molar-refractivity contribution in [2.75, 3.05) is 13.7 Å². The highest BCUT2D eigenvalue weighted by atomic mass is 35.5. The molecule has 2 amide bonds. The fourth-order valence-electron chi connectivity index (χ4n) is 3.35. The maximum atomic E-state index is 12.8. The lowest BCUT2D eigenvalue weighted by Crippen LogP contribution is -2.48. The summed E-state index contributed by atoms with van der Waals surface area (Å²) in [7, 11) is 1.49. The van der Waals surface area contributed by atoms with E-state index in [1.165, 1.54) is 26.2 Å². The van der Waals surface area contributed by atoms with E-state index in [1.807, 2.05) is 37.3 Å². The monoisotopic (exact) mass is 543 g/mol. The number of amides is 2. The Bertz CT molecular complexity index is 1140. The number of ether oxygens (including phenoxy) is 1. The Labute approximate surface area is 227 Å². The summed E-state index contributed by atoms with van der Waals surface area (Å²) in [6, 6.07) is 9.59. The number of halogens is 1. The van der Waals surface area contributed by atoms with Gasteiger partial charge in [-0.3, -0.25) is 19.4 Å². The van der Waals surface area contributed by atoms with Crippen LogP contribution in [0.15, 0.2) is 60.8 Å². The molecule has 2 aromatic rings. The number of nitrogens with one attached hydrogen (secondary N) is 2. The van der Waals surface area contributed by atoms with Crippen LogP contribution in [0.3, 0.4) is 0 Å². The van der Waals surface area contributed by atoms with Gasteiger partial charge < -0.3 is 25.6 Å². The van der Waals surface area contributed by atoms with Crippen molar-refractivity contribution in [2.45, 2.75) is 38.8 Å². The third kappa shape index (κ3) is 10.4. The number of carboxylic acid groups (broad SMARTS) is 1. The van der Waals surface area contributed by atoms with Crippen molar-refractivity contribution >= 4 is 35.5 Å². The Balaban J connectivity index is 2.01. The molecule has 4 N–H and O–H groups in total. The normalized spacial score (nSPS) is 14.6. The predicted molar refractivity (Wildman–Crippen MR) is 146 cm³/mol. The van der Waals surface area contributed by atoms with Crippen molar-refractivity contribution in [3.8, 4) is 5.75 Å². The van der Waals surface area contributed by atoms with Crippen molar-refractivity contribution in [3.63, 3.8) is 0 Å². The molecule has 0 saturated carbocycles. The highest BCUT2D eigenvalue weighted by molar-refractivity contribution is 6.32. The maximum absolute atomic E-state index is 12.8. The van der Waals surface area contributed by atoms with E-state index in [1.54, 1.807) is 24.4 Å². The largest absolute Gasteiger partial charge is 0.495 e. The number of aliphatic hydroxyl groups is 1. The molecule has 0 fully saturated rings. The number of hydrogen-bond acceptors (Lipinski definition) is 6. The molecule has 204 valence electrons. The molecule has 2 rings (SSSR count).